The van der Waals surface area contributed by atoms with Gasteiger partial charge in [-0.05, 0) is 18.6 Å². The molecule has 2 nitrogen and oxygen atoms in total. The molecule has 0 atom stereocenters. The van der Waals surface area contributed by atoms with Crippen LogP contribution in [0.2, 0.25) is 0 Å². The quantitative estimate of drug-likeness (QED) is 0.650. The van der Waals surface area contributed by atoms with Gasteiger partial charge in [-0.15, -0.1) is 0 Å². The molecule has 1 aliphatic heterocycles. The highest BCUT2D eigenvalue weighted by atomic mass is 32.2. The summed E-state index contributed by atoms with van der Waals surface area (Å²) in [7, 11) is 0. The lowest BCUT2D eigenvalue weighted by atomic mass is 10.4. The Morgan fingerprint density at radius 3 is 3.18 bits per heavy atom. The number of nitrogens with one attached hydrogen (secondary N) is 1. The van der Waals surface area contributed by atoms with E-state index in [1.165, 1.54) is 24.4 Å². The molecule has 0 saturated heterocycles. The third-order valence-electron chi connectivity index (χ3n) is 1.55. The SMILES string of the molecule is CCCSCC1=NCCCN1. The van der Waals surface area contributed by atoms with Crippen LogP contribution >= 0.6 is 11.8 Å². The summed E-state index contributed by atoms with van der Waals surface area (Å²) in [5.74, 6) is 3.53. The van der Waals surface area contributed by atoms with Crippen LogP contribution in [-0.2, 0) is 0 Å². The normalized spacial score (nSPS) is 17.4. The van der Waals surface area contributed by atoms with Gasteiger partial charge in [0, 0.05) is 13.1 Å². The molecule has 0 fully saturated rings. The zero-order valence-corrected chi connectivity index (χ0v) is 7.91. The van der Waals surface area contributed by atoms with Gasteiger partial charge in [-0.25, -0.2) is 0 Å². The molecule has 3 heteroatoms. The van der Waals surface area contributed by atoms with Crippen LogP contribution < -0.4 is 5.32 Å². The summed E-state index contributed by atoms with van der Waals surface area (Å²) < 4.78 is 0. The zero-order valence-electron chi connectivity index (χ0n) is 7.10. The van der Waals surface area contributed by atoms with Crippen LogP contribution in [0.3, 0.4) is 0 Å². The van der Waals surface area contributed by atoms with Crippen LogP contribution in [0.4, 0.5) is 0 Å². The molecule has 0 bridgehead atoms. The first kappa shape index (κ1) is 8.91. The van der Waals surface area contributed by atoms with Crippen LogP contribution in [0.1, 0.15) is 19.8 Å². The fourth-order valence-electron chi connectivity index (χ4n) is 0.992. The number of rotatable bonds is 4. The van der Waals surface area contributed by atoms with Crippen molar-refractivity contribution in [2.45, 2.75) is 19.8 Å². The molecule has 0 aromatic heterocycles. The molecule has 64 valence electrons. The minimum absolute atomic E-state index is 1.02. The average Bonchev–Trinajstić information content (AvgIpc) is 2.07. The van der Waals surface area contributed by atoms with E-state index in [0.29, 0.717) is 0 Å². The highest BCUT2D eigenvalue weighted by Crippen LogP contribution is 2.03. The van der Waals surface area contributed by atoms with Crippen molar-refractivity contribution < 1.29 is 0 Å². The Morgan fingerprint density at radius 2 is 2.55 bits per heavy atom. The number of thioether (sulfide) groups is 1. The number of nitrogens with zero attached hydrogens (tertiary/aromatic N) is 1. The van der Waals surface area contributed by atoms with Crippen LogP contribution in [0.15, 0.2) is 4.99 Å². The standard InChI is InChI=1S/C8H16N2S/c1-2-6-11-7-8-9-4-3-5-10-8/h2-7H2,1H3,(H,9,10). The highest BCUT2D eigenvalue weighted by Gasteiger charge is 2.02. The van der Waals surface area contributed by atoms with E-state index < -0.39 is 0 Å². The van der Waals surface area contributed by atoms with E-state index in [4.69, 9.17) is 0 Å². The Balaban J connectivity index is 2.09. The van der Waals surface area contributed by atoms with Crippen LogP contribution in [0.25, 0.3) is 0 Å². The van der Waals surface area contributed by atoms with E-state index >= 15 is 0 Å². The smallest absolute Gasteiger partial charge is 0.106 e. The highest BCUT2D eigenvalue weighted by molar-refractivity contribution is 7.99. The topological polar surface area (TPSA) is 24.4 Å². The summed E-state index contributed by atoms with van der Waals surface area (Å²) in [6.07, 6.45) is 2.46. The minimum Gasteiger partial charge on any atom is -0.373 e. The molecule has 1 rings (SSSR count). The van der Waals surface area contributed by atoms with E-state index in [1.807, 2.05) is 11.8 Å². The summed E-state index contributed by atoms with van der Waals surface area (Å²) in [4.78, 5) is 4.39. The molecule has 0 spiro atoms. The Hall–Kier alpha value is -0.180. The second-order valence-corrected chi connectivity index (χ2v) is 3.77. The van der Waals surface area contributed by atoms with Gasteiger partial charge in [0.2, 0.25) is 0 Å². The Bertz CT molecular complexity index is 134. The third-order valence-corrected chi connectivity index (χ3v) is 2.73. The van der Waals surface area contributed by atoms with E-state index in [-0.39, 0.29) is 0 Å². The Kier molecular flexibility index (Phi) is 4.43. The van der Waals surface area contributed by atoms with Crippen LogP contribution in [0.5, 0.6) is 0 Å². The predicted octanol–water partition coefficient (Wildman–Crippen LogP) is 1.52. The minimum atomic E-state index is 1.02. The molecule has 0 saturated carbocycles. The Labute approximate surface area is 72.9 Å². The van der Waals surface area contributed by atoms with Crippen molar-refractivity contribution in [3.8, 4) is 0 Å². The van der Waals surface area contributed by atoms with E-state index in [2.05, 4.69) is 17.2 Å². The second-order valence-electron chi connectivity index (χ2n) is 2.66. The van der Waals surface area contributed by atoms with Gasteiger partial charge in [0.25, 0.3) is 0 Å². The molecule has 1 N–H and O–H groups in total. The van der Waals surface area contributed by atoms with Gasteiger partial charge in [-0.1, -0.05) is 6.92 Å². The van der Waals surface area contributed by atoms with Crippen molar-refractivity contribution in [2.24, 2.45) is 4.99 Å². The number of hydrogen-bond acceptors (Lipinski definition) is 3. The lowest BCUT2D eigenvalue weighted by Gasteiger charge is -2.13. The number of aliphatic imine (C=N–C) groups is 1. The fraction of sp³-hybridized carbons (Fsp3) is 0.875. The monoisotopic (exact) mass is 172 g/mol. The van der Waals surface area contributed by atoms with Crippen molar-refractivity contribution in [3.63, 3.8) is 0 Å². The van der Waals surface area contributed by atoms with Gasteiger partial charge < -0.3 is 5.32 Å². The molecule has 0 aliphatic carbocycles. The maximum absolute atomic E-state index is 4.39. The predicted molar refractivity (Wildman–Crippen MR) is 52.5 cm³/mol. The van der Waals surface area contributed by atoms with Crippen molar-refractivity contribution in [1.29, 1.82) is 0 Å². The summed E-state index contributed by atoms with van der Waals surface area (Å²) in [5.41, 5.74) is 0. The lowest BCUT2D eigenvalue weighted by Crippen LogP contribution is -2.31. The molecule has 11 heavy (non-hydrogen) atoms. The van der Waals surface area contributed by atoms with Gasteiger partial charge in [-0.3, -0.25) is 4.99 Å². The van der Waals surface area contributed by atoms with Gasteiger partial charge in [0.1, 0.15) is 5.84 Å². The molecule has 0 amide bonds. The van der Waals surface area contributed by atoms with Crippen molar-refractivity contribution in [2.75, 3.05) is 24.6 Å². The van der Waals surface area contributed by atoms with Crippen molar-refractivity contribution in [3.05, 3.63) is 0 Å². The first-order valence-corrected chi connectivity index (χ1v) is 5.44. The molecule has 0 aromatic rings. The van der Waals surface area contributed by atoms with E-state index in [9.17, 15) is 0 Å². The molecular weight excluding hydrogens is 156 g/mol. The largest absolute Gasteiger partial charge is 0.373 e. The molecular formula is C8H16N2S. The van der Waals surface area contributed by atoms with Crippen LogP contribution in [-0.4, -0.2) is 30.4 Å². The number of hydrogen-bond donors (Lipinski definition) is 1. The average molecular weight is 172 g/mol. The molecule has 0 radical (unpaired) electrons. The summed E-state index contributed by atoms with van der Waals surface area (Å²) in [6.45, 7) is 4.35. The Morgan fingerprint density at radius 1 is 1.64 bits per heavy atom. The van der Waals surface area contributed by atoms with Gasteiger partial charge >= 0.3 is 0 Å². The van der Waals surface area contributed by atoms with E-state index in [0.717, 1.165) is 18.8 Å². The first-order chi connectivity index (χ1) is 5.43. The molecule has 0 aromatic carbocycles. The van der Waals surface area contributed by atoms with E-state index in [1.54, 1.807) is 0 Å². The maximum Gasteiger partial charge on any atom is 0.106 e. The summed E-state index contributed by atoms with van der Waals surface area (Å²) in [5, 5.41) is 3.31. The van der Waals surface area contributed by atoms with Gasteiger partial charge in [0.05, 0.1) is 5.75 Å². The number of amidine groups is 1. The fourth-order valence-corrected chi connectivity index (χ4v) is 1.81. The van der Waals surface area contributed by atoms with Gasteiger partial charge in [0.15, 0.2) is 0 Å². The van der Waals surface area contributed by atoms with Crippen LogP contribution in [0, 0.1) is 0 Å². The molecule has 1 heterocycles. The zero-order chi connectivity index (χ0) is 7.94. The third kappa shape index (κ3) is 3.65. The summed E-state index contributed by atoms with van der Waals surface area (Å²) in [6, 6.07) is 0. The lowest BCUT2D eigenvalue weighted by molar-refractivity contribution is 0.740. The first-order valence-electron chi connectivity index (χ1n) is 4.28. The van der Waals surface area contributed by atoms with Gasteiger partial charge in [-0.2, -0.15) is 11.8 Å². The van der Waals surface area contributed by atoms with Crippen molar-refractivity contribution in [1.82, 2.24) is 5.32 Å². The van der Waals surface area contributed by atoms with Crippen molar-refractivity contribution >= 4 is 17.6 Å². The molecule has 0 unspecified atom stereocenters. The summed E-state index contributed by atoms with van der Waals surface area (Å²) >= 11 is 1.97. The molecule has 1 aliphatic rings. The maximum atomic E-state index is 4.39. The second kappa shape index (κ2) is 5.47.